The maximum atomic E-state index is 12.9. The van der Waals surface area contributed by atoms with Gasteiger partial charge in [-0.05, 0) is 37.0 Å². The lowest BCUT2D eigenvalue weighted by Crippen LogP contribution is -2.45. The molecule has 0 saturated carbocycles. The van der Waals surface area contributed by atoms with Crippen molar-refractivity contribution >= 4 is 21.8 Å². The predicted octanol–water partition coefficient (Wildman–Crippen LogP) is 0.761. The van der Waals surface area contributed by atoms with Crippen LogP contribution in [-0.2, 0) is 19.6 Å². The van der Waals surface area contributed by atoms with Crippen LogP contribution in [0.3, 0.4) is 0 Å². The quantitative estimate of drug-likeness (QED) is 0.726. The van der Waals surface area contributed by atoms with Crippen molar-refractivity contribution in [3.8, 4) is 5.75 Å². The van der Waals surface area contributed by atoms with Gasteiger partial charge < -0.3 is 10.1 Å². The van der Waals surface area contributed by atoms with Crippen molar-refractivity contribution in [3.05, 3.63) is 29.8 Å². The van der Waals surface area contributed by atoms with E-state index in [-0.39, 0.29) is 42.7 Å². The fourth-order valence-corrected chi connectivity index (χ4v) is 5.42. The van der Waals surface area contributed by atoms with E-state index in [1.165, 1.54) is 0 Å². The largest absolute Gasteiger partial charge is 0.484 e. The maximum Gasteiger partial charge on any atom is 0.258 e. The van der Waals surface area contributed by atoms with Crippen molar-refractivity contribution in [3.63, 3.8) is 0 Å². The number of hydrogen-bond acceptors (Lipinski definition) is 6. The van der Waals surface area contributed by atoms with Gasteiger partial charge in [0.25, 0.3) is 11.8 Å². The highest BCUT2D eigenvalue weighted by atomic mass is 32.2. The molecule has 8 nitrogen and oxygen atoms in total. The lowest BCUT2D eigenvalue weighted by molar-refractivity contribution is -0.131. The first-order chi connectivity index (χ1) is 13.7. The van der Waals surface area contributed by atoms with Crippen LogP contribution in [0.25, 0.3) is 0 Å². The van der Waals surface area contributed by atoms with Crippen LogP contribution in [0.15, 0.2) is 24.3 Å². The molecule has 9 heteroatoms. The molecule has 2 saturated heterocycles. The van der Waals surface area contributed by atoms with Crippen LogP contribution in [0.2, 0.25) is 0 Å². The second-order valence-electron chi connectivity index (χ2n) is 8.20. The van der Waals surface area contributed by atoms with Gasteiger partial charge in [0.1, 0.15) is 5.75 Å². The Hall–Kier alpha value is -2.13. The average molecular weight is 424 g/mol. The predicted molar refractivity (Wildman–Crippen MR) is 109 cm³/mol. The summed E-state index contributed by atoms with van der Waals surface area (Å²) in [5, 5.41) is 2.91. The highest BCUT2D eigenvalue weighted by molar-refractivity contribution is 7.89. The summed E-state index contributed by atoms with van der Waals surface area (Å²) in [5.74, 6) is -0.0441. The smallest absolute Gasteiger partial charge is 0.258 e. The number of carbonyl (C=O) groups excluding carboxylic acids is 2. The van der Waals surface area contributed by atoms with Gasteiger partial charge in [-0.25, -0.2) is 12.7 Å². The normalized spacial score (nSPS) is 24.3. The van der Waals surface area contributed by atoms with Crippen LogP contribution in [0, 0.1) is 12.8 Å². The first-order valence-electron chi connectivity index (χ1n) is 9.93. The zero-order chi connectivity index (χ0) is 21.2. The second kappa shape index (κ2) is 8.71. The Kier molecular flexibility index (Phi) is 6.48. The molecule has 0 unspecified atom stereocenters. The van der Waals surface area contributed by atoms with E-state index >= 15 is 0 Å². The van der Waals surface area contributed by atoms with Crippen LogP contribution in [0.5, 0.6) is 5.75 Å². The molecule has 0 spiro atoms. The van der Waals surface area contributed by atoms with Gasteiger partial charge >= 0.3 is 0 Å². The maximum absolute atomic E-state index is 12.9. The first kappa shape index (κ1) is 21.6. The molecule has 2 aliphatic rings. The summed E-state index contributed by atoms with van der Waals surface area (Å²) in [4.78, 5) is 27.1. The molecule has 0 bridgehead atoms. The van der Waals surface area contributed by atoms with Gasteiger partial charge in [0, 0.05) is 25.7 Å². The number of amides is 2. The van der Waals surface area contributed by atoms with E-state index < -0.39 is 16.1 Å². The van der Waals surface area contributed by atoms with Gasteiger partial charge in [0.15, 0.2) is 6.61 Å². The summed E-state index contributed by atoms with van der Waals surface area (Å²) in [7, 11) is -3.59. The molecule has 0 aromatic heterocycles. The molecule has 1 N–H and O–H groups in total. The molecule has 0 radical (unpaired) electrons. The molecule has 160 valence electrons. The Morgan fingerprint density at radius 1 is 1.34 bits per heavy atom. The van der Waals surface area contributed by atoms with E-state index in [9.17, 15) is 18.0 Å². The topological polar surface area (TPSA) is 96.0 Å². The number of fused-ring (bicyclic) bond motifs is 1. The summed E-state index contributed by atoms with van der Waals surface area (Å²) in [6.45, 7) is 6.55. The Bertz CT molecular complexity index is 871. The van der Waals surface area contributed by atoms with Crippen molar-refractivity contribution in [2.75, 3.05) is 32.0 Å². The number of rotatable bonds is 6. The fourth-order valence-electron chi connectivity index (χ4n) is 3.82. The van der Waals surface area contributed by atoms with E-state index in [0.29, 0.717) is 25.3 Å². The van der Waals surface area contributed by atoms with Crippen molar-refractivity contribution in [2.45, 2.75) is 39.3 Å². The Labute approximate surface area is 172 Å². The zero-order valence-corrected chi connectivity index (χ0v) is 17.9. The van der Waals surface area contributed by atoms with Crippen molar-refractivity contribution < 1.29 is 22.7 Å². The summed E-state index contributed by atoms with van der Waals surface area (Å²) >= 11 is 0. The lowest BCUT2D eigenvalue weighted by atomic mass is 10.1. The average Bonchev–Trinajstić information content (AvgIpc) is 3.01. The van der Waals surface area contributed by atoms with Crippen LogP contribution < -0.4 is 10.1 Å². The third-order valence-corrected chi connectivity index (χ3v) is 6.86. The number of aryl methyl sites for hydroxylation is 1. The molecule has 2 fully saturated rings. The summed E-state index contributed by atoms with van der Waals surface area (Å²) < 4.78 is 31.5. The minimum Gasteiger partial charge on any atom is -0.484 e. The molecular formula is C20H29N3O5S. The molecule has 29 heavy (non-hydrogen) atoms. The molecule has 1 aromatic rings. The van der Waals surface area contributed by atoms with E-state index in [1.807, 2.05) is 43.9 Å². The lowest BCUT2D eigenvalue weighted by Gasteiger charge is -2.25. The van der Waals surface area contributed by atoms with Gasteiger partial charge in [-0.1, -0.05) is 26.0 Å². The number of carbonyl (C=O) groups is 2. The number of ether oxygens (including phenoxy) is 1. The zero-order valence-electron chi connectivity index (χ0n) is 17.1. The minimum absolute atomic E-state index is 0.0518. The van der Waals surface area contributed by atoms with Crippen molar-refractivity contribution in [2.24, 2.45) is 5.92 Å². The van der Waals surface area contributed by atoms with E-state index in [0.717, 1.165) is 9.87 Å². The van der Waals surface area contributed by atoms with Crippen LogP contribution in [0.1, 0.15) is 25.8 Å². The number of nitrogens with one attached hydrogen (secondary N) is 1. The van der Waals surface area contributed by atoms with Crippen LogP contribution in [-0.4, -0.2) is 73.5 Å². The van der Waals surface area contributed by atoms with Gasteiger partial charge in [-0.15, -0.1) is 0 Å². The van der Waals surface area contributed by atoms with E-state index in [2.05, 4.69) is 5.32 Å². The highest BCUT2D eigenvalue weighted by Gasteiger charge is 2.45. The van der Waals surface area contributed by atoms with Crippen LogP contribution in [0.4, 0.5) is 0 Å². The van der Waals surface area contributed by atoms with E-state index in [4.69, 9.17) is 4.74 Å². The molecule has 3 rings (SSSR count). The van der Waals surface area contributed by atoms with Crippen molar-refractivity contribution in [1.82, 2.24) is 14.5 Å². The Morgan fingerprint density at radius 2 is 2.10 bits per heavy atom. The second-order valence-corrected chi connectivity index (χ2v) is 10.2. The molecule has 0 aliphatic carbocycles. The summed E-state index contributed by atoms with van der Waals surface area (Å²) in [6, 6.07) is 6.73. The van der Waals surface area contributed by atoms with Gasteiger partial charge in [-0.2, -0.15) is 0 Å². The summed E-state index contributed by atoms with van der Waals surface area (Å²) in [6.07, 6.45) is 0.402. The van der Waals surface area contributed by atoms with Crippen molar-refractivity contribution in [1.29, 1.82) is 0 Å². The number of sulfonamides is 1. The highest BCUT2D eigenvalue weighted by Crippen LogP contribution is 2.25. The molecule has 2 aliphatic heterocycles. The Morgan fingerprint density at radius 3 is 2.79 bits per heavy atom. The van der Waals surface area contributed by atoms with Gasteiger partial charge in [-0.3, -0.25) is 14.5 Å². The third kappa shape index (κ3) is 5.27. The standard InChI is InChI=1S/C20H29N3O5S/c1-14(2)11-23-20(25)18-10-16(12-22(18)7-8-29(23,26)27)21-19(24)13-28-17-6-4-5-15(3)9-17/h4-6,9,14,16,18H,7-8,10-13H2,1-3H3,(H,21,24)/t16-,18-/m0/s1. The minimum atomic E-state index is -3.59. The molecule has 1 aromatic carbocycles. The first-order valence-corrected chi connectivity index (χ1v) is 11.5. The molecular weight excluding hydrogens is 394 g/mol. The third-order valence-electron chi connectivity index (χ3n) is 5.16. The van der Waals surface area contributed by atoms with Crippen LogP contribution >= 0.6 is 0 Å². The number of nitrogens with zero attached hydrogens (tertiary/aromatic N) is 2. The Balaban J connectivity index is 1.58. The molecule has 2 heterocycles. The monoisotopic (exact) mass is 423 g/mol. The number of benzene rings is 1. The summed E-state index contributed by atoms with van der Waals surface area (Å²) in [5.41, 5.74) is 1.05. The molecule has 2 amide bonds. The van der Waals surface area contributed by atoms with Gasteiger partial charge in [0.05, 0.1) is 11.8 Å². The van der Waals surface area contributed by atoms with Gasteiger partial charge in [0.2, 0.25) is 10.0 Å². The molecule has 2 atom stereocenters. The SMILES string of the molecule is Cc1cccc(OCC(=O)N[C@H]2C[C@H]3C(=O)N(CC(C)C)S(=O)(=O)CCN3C2)c1. The fraction of sp³-hybridized carbons (Fsp3) is 0.600. The number of hydrogen-bond donors (Lipinski definition) is 1. The van der Waals surface area contributed by atoms with E-state index in [1.54, 1.807) is 6.07 Å².